The van der Waals surface area contributed by atoms with Crippen molar-refractivity contribution in [1.29, 1.82) is 0 Å². The molecular formula is C18H40O4Si. The molecule has 140 valence electrons. The molecule has 0 saturated carbocycles. The van der Waals surface area contributed by atoms with E-state index in [-0.39, 0.29) is 10.8 Å². The maximum atomic E-state index is 6.40. The van der Waals surface area contributed by atoms with Gasteiger partial charge in [0, 0.05) is 13.2 Å². The van der Waals surface area contributed by atoms with Gasteiger partial charge in [-0.25, -0.2) is 0 Å². The molecule has 0 radical (unpaired) electrons. The van der Waals surface area contributed by atoms with Crippen LogP contribution in [0.4, 0.5) is 0 Å². The molecule has 5 heteroatoms. The summed E-state index contributed by atoms with van der Waals surface area (Å²) >= 11 is 0. The fourth-order valence-corrected chi connectivity index (χ4v) is 7.55. The van der Waals surface area contributed by atoms with Crippen LogP contribution in [0.5, 0.6) is 0 Å². The average Bonchev–Trinajstić information content (AvgIpc) is 2.36. The van der Waals surface area contributed by atoms with Crippen molar-refractivity contribution in [3.63, 3.8) is 0 Å². The van der Waals surface area contributed by atoms with E-state index in [0.717, 1.165) is 25.3 Å². The number of hydrogen-bond donors (Lipinski definition) is 0. The first-order valence-corrected chi connectivity index (χ1v) is 11.2. The lowest BCUT2D eigenvalue weighted by atomic mass is 10.00. The second kappa shape index (κ2) is 10.8. The molecule has 0 aromatic heterocycles. The molecule has 0 atom stereocenters. The Morgan fingerprint density at radius 2 is 0.957 bits per heavy atom. The summed E-state index contributed by atoms with van der Waals surface area (Å²) in [6, 6.07) is 1.96. The molecule has 0 aliphatic heterocycles. The van der Waals surface area contributed by atoms with Crippen molar-refractivity contribution < 1.29 is 18.3 Å². The highest BCUT2D eigenvalue weighted by molar-refractivity contribution is 6.67. The molecule has 0 saturated heterocycles. The molecule has 0 fully saturated rings. The maximum absolute atomic E-state index is 6.40. The van der Waals surface area contributed by atoms with Crippen LogP contribution < -0.4 is 0 Å². The third-order valence-corrected chi connectivity index (χ3v) is 7.85. The van der Waals surface area contributed by atoms with E-state index in [2.05, 4.69) is 41.5 Å². The Bertz CT molecular complexity index is 264. The molecule has 0 aliphatic rings. The molecule has 0 N–H and O–H groups in total. The fourth-order valence-electron chi connectivity index (χ4n) is 2.79. The van der Waals surface area contributed by atoms with Gasteiger partial charge in [-0.1, -0.05) is 41.5 Å². The summed E-state index contributed by atoms with van der Waals surface area (Å²) in [7, 11) is -2.33. The first-order chi connectivity index (χ1) is 10.5. The normalized spacial score (nSPS) is 13.6. The standard InChI is InChI=1S/C18H40O4Si/c1-9-19-11-13-21-23(15-17(3,4)5,16-18(6,7)8)22-14-12-20-10-2/h9-16H2,1-8H3. The molecule has 23 heavy (non-hydrogen) atoms. The molecule has 0 aliphatic carbocycles. The predicted molar refractivity (Wildman–Crippen MR) is 99.2 cm³/mol. The van der Waals surface area contributed by atoms with Crippen LogP contribution in [-0.2, 0) is 18.3 Å². The van der Waals surface area contributed by atoms with Crippen LogP contribution in [0.3, 0.4) is 0 Å². The molecule has 0 unspecified atom stereocenters. The fraction of sp³-hybridized carbons (Fsp3) is 1.00. The number of rotatable bonds is 12. The average molecular weight is 349 g/mol. The zero-order valence-electron chi connectivity index (χ0n) is 16.8. The van der Waals surface area contributed by atoms with Crippen LogP contribution >= 0.6 is 0 Å². The lowest BCUT2D eigenvalue weighted by molar-refractivity contribution is 0.0582. The number of ether oxygens (including phenoxy) is 2. The molecule has 0 amide bonds. The lowest BCUT2D eigenvalue weighted by Gasteiger charge is -2.39. The van der Waals surface area contributed by atoms with Gasteiger partial charge in [0.25, 0.3) is 0 Å². The Labute approximate surface area is 145 Å². The zero-order chi connectivity index (χ0) is 18.0. The second-order valence-corrected chi connectivity index (χ2v) is 11.6. The van der Waals surface area contributed by atoms with Gasteiger partial charge in [-0.2, -0.15) is 0 Å². The van der Waals surface area contributed by atoms with E-state index >= 15 is 0 Å². The largest absolute Gasteiger partial charge is 0.392 e. The highest BCUT2D eigenvalue weighted by Gasteiger charge is 2.44. The topological polar surface area (TPSA) is 36.9 Å². The first kappa shape index (κ1) is 23.1. The highest BCUT2D eigenvalue weighted by Crippen LogP contribution is 2.37. The van der Waals surface area contributed by atoms with Gasteiger partial charge >= 0.3 is 8.56 Å². The molecule has 0 rings (SSSR count). The van der Waals surface area contributed by atoms with Crippen molar-refractivity contribution in [3.05, 3.63) is 0 Å². The van der Waals surface area contributed by atoms with Gasteiger partial charge in [-0.05, 0) is 36.8 Å². The van der Waals surface area contributed by atoms with E-state index in [9.17, 15) is 0 Å². The third kappa shape index (κ3) is 13.1. The predicted octanol–water partition coefficient (Wildman–Crippen LogP) is 4.63. The van der Waals surface area contributed by atoms with Crippen LogP contribution in [0.25, 0.3) is 0 Å². The van der Waals surface area contributed by atoms with Crippen LogP contribution in [0.15, 0.2) is 0 Å². The van der Waals surface area contributed by atoms with Crippen molar-refractivity contribution >= 4 is 8.56 Å². The Balaban J connectivity index is 5.00. The van der Waals surface area contributed by atoms with Crippen molar-refractivity contribution in [2.45, 2.75) is 67.5 Å². The van der Waals surface area contributed by atoms with Crippen molar-refractivity contribution in [3.8, 4) is 0 Å². The highest BCUT2D eigenvalue weighted by atomic mass is 28.4. The zero-order valence-corrected chi connectivity index (χ0v) is 17.8. The molecule has 0 aromatic rings. The maximum Gasteiger partial charge on any atom is 0.339 e. The quantitative estimate of drug-likeness (QED) is 0.381. The Morgan fingerprint density at radius 1 is 0.609 bits per heavy atom. The van der Waals surface area contributed by atoms with E-state index in [1.54, 1.807) is 0 Å². The molecule has 4 nitrogen and oxygen atoms in total. The summed E-state index contributed by atoms with van der Waals surface area (Å²) in [4.78, 5) is 0. The molecule has 0 bridgehead atoms. The van der Waals surface area contributed by atoms with Gasteiger partial charge in [0.05, 0.1) is 26.4 Å². The SMILES string of the molecule is CCOCCO[Si](CC(C)(C)C)(CC(C)(C)C)OCCOCC. The Kier molecular flexibility index (Phi) is 10.9. The summed E-state index contributed by atoms with van der Waals surface area (Å²) in [5.41, 5.74) is 0.351. The van der Waals surface area contributed by atoms with Crippen molar-refractivity contribution in [1.82, 2.24) is 0 Å². The van der Waals surface area contributed by atoms with E-state index in [4.69, 9.17) is 18.3 Å². The smallest absolute Gasteiger partial charge is 0.339 e. The van der Waals surface area contributed by atoms with Gasteiger partial charge in [-0.15, -0.1) is 0 Å². The van der Waals surface area contributed by atoms with Crippen LogP contribution in [0.1, 0.15) is 55.4 Å². The van der Waals surface area contributed by atoms with Gasteiger partial charge in [0.15, 0.2) is 0 Å². The second-order valence-electron chi connectivity index (χ2n) is 8.48. The summed E-state index contributed by atoms with van der Waals surface area (Å²) in [5.74, 6) is 0. The summed E-state index contributed by atoms with van der Waals surface area (Å²) in [5, 5.41) is 0. The monoisotopic (exact) mass is 348 g/mol. The van der Waals surface area contributed by atoms with Crippen molar-refractivity contribution in [2.75, 3.05) is 39.6 Å². The summed E-state index contributed by atoms with van der Waals surface area (Å²) < 4.78 is 23.7. The molecule has 0 heterocycles. The van der Waals surface area contributed by atoms with Gasteiger partial charge in [0.1, 0.15) is 0 Å². The minimum absolute atomic E-state index is 0.175. The van der Waals surface area contributed by atoms with Crippen LogP contribution in [-0.4, -0.2) is 48.2 Å². The van der Waals surface area contributed by atoms with E-state index in [1.165, 1.54) is 0 Å². The summed E-state index contributed by atoms with van der Waals surface area (Å²) in [6.07, 6.45) is 0. The Morgan fingerprint density at radius 3 is 1.22 bits per heavy atom. The van der Waals surface area contributed by atoms with E-state index < -0.39 is 8.56 Å². The first-order valence-electron chi connectivity index (χ1n) is 8.97. The van der Waals surface area contributed by atoms with E-state index in [0.29, 0.717) is 26.4 Å². The molecular weight excluding hydrogens is 308 g/mol. The third-order valence-electron chi connectivity index (χ3n) is 3.19. The van der Waals surface area contributed by atoms with Gasteiger partial charge < -0.3 is 18.3 Å². The van der Waals surface area contributed by atoms with E-state index in [1.807, 2.05) is 13.8 Å². The summed E-state index contributed by atoms with van der Waals surface area (Å²) in [6.45, 7) is 21.5. The van der Waals surface area contributed by atoms with Crippen LogP contribution in [0.2, 0.25) is 12.1 Å². The Hall–Kier alpha value is 0.0569. The van der Waals surface area contributed by atoms with Crippen LogP contribution in [0, 0.1) is 10.8 Å². The van der Waals surface area contributed by atoms with Crippen molar-refractivity contribution in [2.24, 2.45) is 10.8 Å². The van der Waals surface area contributed by atoms with Gasteiger partial charge in [-0.3, -0.25) is 0 Å². The number of hydrogen-bond acceptors (Lipinski definition) is 4. The minimum atomic E-state index is -2.33. The molecule has 0 aromatic carbocycles. The van der Waals surface area contributed by atoms with Gasteiger partial charge in [0.2, 0.25) is 0 Å². The lowest BCUT2D eigenvalue weighted by Crippen LogP contribution is -2.49. The molecule has 0 spiro atoms. The minimum Gasteiger partial charge on any atom is -0.392 e.